The predicted molar refractivity (Wildman–Crippen MR) is 97.6 cm³/mol. The molecule has 0 aromatic heterocycles. The van der Waals surface area contributed by atoms with Crippen molar-refractivity contribution in [2.75, 3.05) is 0 Å². The number of hydrogen-bond donors (Lipinski definition) is 1. The second-order valence-corrected chi connectivity index (χ2v) is 8.02. The molecule has 0 spiro atoms. The van der Waals surface area contributed by atoms with Gasteiger partial charge in [-0.25, -0.2) is 0 Å². The molecule has 0 bridgehead atoms. The van der Waals surface area contributed by atoms with E-state index in [2.05, 4.69) is 18.2 Å². The summed E-state index contributed by atoms with van der Waals surface area (Å²) in [4.78, 5) is 12.5. The maximum atomic E-state index is 12.5. The molecule has 0 fully saturated rings. The molecule has 1 aliphatic heterocycles. The molecule has 118 valence electrons. The van der Waals surface area contributed by atoms with Gasteiger partial charge in [0.15, 0.2) is 0 Å². The van der Waals surface area contributed by atoms with E-state index in [4.69, 9.17) is 0 Å². The molecule has 0 aliphatic carbocycles. The van der Waals surface area contributed by atoms with Crippen LogP contribution in [0.25, 0.3) is 16.7 Å². The fourth-order valence-corrected chi connectivity index (χ4v) is 4.07. The molecular weight excluding hydrogens is 304 g/mol. The minimum Gasteiger partial charge on any atom is -0.510 e. The van der Waals surface area contributed by atoms with E-state index in [9.17, 15) is 9.90 Å². The second-order valence-electron chi connectivity index (χ2n) is 6.42. The summed E-state index contributed by atoms with van der Waals surface area (Å²) in [6, 6.07) is 14.2. The Kier molecular flexibility index (Phi) is 3.85. The van der Waals surface area contributed by atoms with Crippen LogP contribution in [0.15, 0.2) is 48.2 Å². The van der Waals surface area contributed by atoms with Gasteiger partial charge in [0.1, 0.15) is 5.76 Å². The van der Waals surface area contributed by atoms with Crippen molar-refractivity contribution >= 4 is 22.5 Å². The standard InChI is InChI=1S/C20H20O2S/c1-12-10-11-15(14-8-6-5-7-9-14)13(2)16(12)17-18(21)20(3,4)23-19(17)22/h5-11,21H,1-4H3. The quantitative estimate of drug-likeness (QED) is 0.815. The average molecular weight is 324 g/mol. The molecule has 2 aromatic rings. The van der Waals surface area contributed by atoms with Gasteiger partial charge in [0.05, 0.1) is 10.3 Å². The van der Waals surface area contributed by atoms with Gasteiger partial charge in [-0.1, -0.05) is 54.2 Å². The highest BCUT2D eigenvalue weighted by Crippen LogP contribution is 2.47. The maximum absolute atomic E-state index is 12.5. The summed E-state index contributed by atoms with van der Waals surface area (Å²) in [7, 11) is 0. The Morgan fingerprint density at radius 2 is 1.65 bits per heavy atom. The summed E-state index contributed by atoms with van der Waals surface area (Å²) in [6.45, 7) is 7.77. The third kappa shape index (κ3) is 2.59. The number of carbonyl (C=O) groups excluding carboxylic acids is 1. The minimum absolute atomic E-state index is 0.0519. The number of aryl methyl sites for hydroxylation is 1. The molecule has 3 rings (SSSR count). The molecular formula is C20H20O2S. The van der Waals surface area contributed by atoms with Crippen LogP contribution in [-0.2, 0) is 4.79 Å². The molecule has 0 amide bonds. The number of benzene rings is 2. The van der Waals surface area contributed by atoms with Crippen molar-refractivity contribution in [2.24, 2.45) is 0 Å². The van der Waals surface area contributed by atoms with Crippen molar-refractivity contribution < 1.29 is 9.90 Å². The van der Waals surface area contributed by atoms with Gasteiger partial charge < -0.3 is 5.11 Å². The lowest BCUT2D eigenvalue weighted by molar-refractivity contribution is -0.106. The van der Waals surface area contributed by atoms with Crippen LogP contribution in [0.4, 0.5) is 0 Å². The molecule has 1 heterocycles. The topological polar surface area (TPSA) is 37.3 Å². The number of rotatable bonds is 2. The van der Waals surface area contributed by atoms with Crippen LogP contribution >= 0.6 is 11.8 Å². The van der Waals surface area contributed by atoms with Crippen molar-refractivity contribution in [2.45, 2.75) is 32.4 Å². The van der Waals surface area contributed by atoms with Gasteiger partial charge in [-0.3, -0.25) is 4.79 Å². The van der Waals surface area contributed by atoms with Crippen LogP contribution in [-0.4, -0.2) is 15.0 Å². The Morgan fingerprint density at radius 3 is 2.22 bits per heavy atom. The Balaban J connectivity index is 2.26. The van der Waals surface area contributed by atoms with Gasteiger partial charge in [-0.15, -0.1) is 0 Å². The molecule has 0 saturated heterocycles. The van der Waals surface area contributed by atoms with Crippen molar-refractivity contribution in [3.8, 4) is 11.1 Å². The first kappa shape index (κ1) is 15.9. The lowest BCUT2D eigenvalue weighted by atomic mass is 9.88. The van der Waals surface area contributed by atoms with E-state index in [1.54, 1.807) is 0 Å². The summed E-state index contributed by atoms with van der Waals surface area (Å²) in [5.41, 5.74) is 5.58. The van der Waals surface area contributed by atoms with Crippen molar-refractivity contribution in [3.05, 3.63) is 64.9 Å². The third-order valence-corrected chi connectivity index (χ3v) is 5.46. The minimum atomic E-state index is -0.561. The van der Waals surface area contributed by atoms with Gasteiger partial charge in [-0.05, 0) is 55.5 Å². The Labute approximate surface area is 141 Å². The van der Waals surface area contributed by atoms with Gasteiger partial charge in [0.25, 0.3) is 0 Å². The molecule has 1 N–H and O–H groups in total. The summed E-state index contributed by atoms with van der Waals surface area (Å²) in [6.07, 6.45) is 0. The number of thioether (sulfide) groups is 1. The predicted octanol–water partition coefficient (Wildman–Crippen LogP) is 5.29. The number of hydrogen-bond acceptors (Lipinski definition) is 3. The number of carbonyl (C=O) groups is 1. The van der Waals surface area contributed by atoms with Crippen LogP contribution in [0.5, 0.6) is 0 Å². The Bertz CT molecular complexity index is 817. The third-order valence-electron chi connectivity index (χ3n) is 4.37. The van der Waals surface area contributed by atoms with Crippen LogP contribution in [0, 0.1) is 13.8 Å². The zero-order valence-electron chi connectivity index (χ0n) is 13.8. The Hall–Kier alpha value is -2.00. The first-order valence-electron chi connectivity index (χ1n) is 7.66. The van der Waals surface area contributed by atoms with Gasteiger partial charge in [0.2, 0.25) is 5.12 Å². The monoisotopic (exact) mass is 324 g/mol. The lowest BCUT2D eigenvalue weighted by Crippen LogP contribution is -2.14. The van der Waals surface area contributed by atoms with Crippen LogP contribution < -0.4 is 0 Å². The fourth-order valence-electron chi connectivity index (χ4n) is 3.11. The van der Waals surface area contributed by atoms with Crippen LogP contribution in [0.3, 0.4) is 0 Å². The highest BCUT2D eigenvalue weighted by molar-refractivity contribution is 8.16. The molecule has 1 aliphatic rings. The van der Waals surface area contributed by atoms with Crippen LogP contribution in [0.2, 0.25) is 0 Å². The maximum Gasteiger partial charge on any atom is 0.224 e. The summed E-state index contributed by atoms with van der Waals surface area (Å²) in [5.74, 6) is 0.184. The molecule has 2 nitrogen and oxygen atoms in total. The number of aliphatic hydroxyl groups excluding tert-OH is 1. The van der Waals surface area contributed by atoms with E-state index in [1.165, 1.54) is 11.8 Å². The molecule has 0 atom stereocenters. The molecule has 3 heteroatoms. The zero-order valence-corrected chi connectivity index (χ0v) is 14.6. The molecule has 0 saturated carbocycles. The molecule has 0 unspecified atom stereocenters. The van der Waals surface area contributed by atoms with E-state index < -0.39 is 4.75 Å². The average Bonchev–Trinajstić information content (AvgIpc) is 2.70. The first-order valence-corrected chi connectivity index (χ1v) is 8.47. The second kappa shape index (κ2) is 5.57. The summed E-state index contributed by atoms with van der Waals surface area (Å²) < 4.78 is -0.561. The van der Waals surface area contributed by atoms with Gasteiger partial charge >= 0.3 is 0 Å². The van der Waals surface area contributed by atoms with E-state index in [1.807, 2.05) is 52.0 Å². The summed E-state index contributed by atoms with van der Waals surface area (Å²) >= 11 is 1.19. The van der Waals surface area contributed by atoms with E-state index in [0.29, 0.717) is 5.57 Å². The highest BCUT2D eigenvalue weighted by atomic mass is 32.2. The first-order chi connectivity index (χ1) is 10.8. The fraction of sp³-hybridized carbons (Fsp3) is 0.250. The molecule has 2 aromatic carbocycles. The Morgan fingerprint density at radius 1 is 1.00 bits per heavy atom. The molecule has 0 radical (unpaired) electrons. The largest absolute Gasteiger partial charge is 0.510 e. The van der Waals surface area contributed by atoms with Crippen molar-refractivity contribution in [3.63, 3.8) is 0 Å². The smallest absolute Gasteiger partial charge is 0.224 e. The summed E-state index contributed by atoms with van der Waals surface area (Å²) in [5, 5.41) is 10.5. The van der Waals surface area contributed by atoms with Crippen molar-refractivity contribution in [1.82, 2.24) is 0 Å². The van der Waals surface area contributed by atoms with Crippen molar-refractivity contribution in [1.29, 1.82) is 0 Å². The highest BCUT2D eigenvalue weighted by Gasteiger charge is 2.41. The van der Waals surface area contributed by atoms with Gasteiger partial charge in [0, 0.05) is 0 Å². The van der Waals surface area contributed by atoms with E-state index in [0.717, 1.165) is 27.8 Å². The van der Waals surface area contributed by atoms with E-state index in [-0.39, 0.29) is 10.9 Å². The van der Waals surface area contributed by atoms with E-state index >= 15 is 0 Å². The van der Waals surface area contributed by atoms with Gasteiger partial charge in [-0.2, -0.15) is 0 Å². The molecule has 23 heavy (non-hydrogen) atoms. The number of aliphatic hydroxyl groups is 1. The van der Waals surface area contributed by atoms with Crippen LogP contribution in [0.1, 0.15) is 30.5 Å². The normalized spacial score (nSPS) is 17.0. The lowest BCUT2D eigenvalue weighted by Gasteiger charge is -2.17. The SMILES string of the molecule is Cc1ccc(-c2ccccc2)c(C)c1C1=C(O)C(C)(C)SC1=O. The zero-order chi connectivity index (χ0) is 16.8.